The monoisotopic (exact) mass is 341 g/mol. The molecule has 0 saturated carbocycles. The van der Waals surface area contributed by atoms with Gasteiger partial charge in [0.25, 0.3) is 5.91 Å². The molecule has 8 heteroatoms. The lowest BCUT2D eigenvalue weighted by atomic mass is 10.2. The zero-order valence-electron chi connectivity index (χ0n) is 13.7. The van der Waals surface area contributed by atoms with E-state index in [9.17, 15) is 9.18 Å². The van der Waals surface area contributed by atoms with Crippen LogP contribution in [0.25, 0.3) is 0 Å². The Balaban J connectivity index is 1.73. The van der Waals surface area contributed by atoms with E-state index in [0.29, 0.717) is 22.8 Å². The number of aryl methyl sites for hydroxylation is 2. The van der Waals surface area contributed by atoms with E-state index in [-0.39, 0.29) is 24.0 Å². The summed E-state index contributed by atoms with van der Waals surface area (Å²) in [6, 6.07) is 9.57. The Kier molecular flexibility index (Phi) is 4.69. The summed E-state index contributed by atoms with van der Waals surface area (Å²) in [5.41, 5.74) is 1.26. The molecule has 0 aliphatic heterocycles. The Morgan fingerprint density at radius 1 is 1.20 bits per heavy atom. The minimum atomic E-state index is -0.437. The van der Waals surface area contributed by atoms with Crippen molar-refractivity contribution in [2.45, 2.75) is 20.4 Å². The number of nitrogens with one attached hydrogen (secondary N) is 2. The summed E-state index contributed by atoms with van der Waals surface area (Å²) in [5.74, 6) is 0.376. The number of hydrogen-bond acceptors (Lipinski definition) is 6. The highest BCUT2D eigenvalue weighted by Gasteiger charge is 2.13. The van der Waals surface area contributed by atoms with E-state index in [4.69, 9.17) is 4.52 Å². The maximum absolute atomic E-state index is 13.7. The molecule has 0 aliphatic carbocycles. The van der Waals surface area contributed by atoms with Crippen molar-refractivity contribution < 1.29 is 13.7 Å². The Morgan fingerprint density at radius 2 is 2.00 bits per heavy atom. The molecule has 0 unspecified atom stereocenters. The first-order chi connectivity index (χ1) is 12.0. The van der Waals surface area contributed by atoms with Crippen LogP contribution in [0.4, 0.5) is 16.2 Å². The van der Waals surface area contributed by atoms with Gasteiger partial charge in [0.15, 0.2) is 5.82 Å². The fourth-order valence-electron chi connectivity index (χ4n) is 2.19. The summed E-state index contributed by atoms with van der Waals surface area (Å²) < 4.78 is 18.6. The molecule has 0 aliphatic rings. The first-order valence-corrected chi connectivity index (χ1v) is 7.59. The van der Waals surface area contributed by atoms with Gasteiger partial charge in [-0.05, 0) is 26.0 Å². The second-order valence-corrected chi connectivity index (χ2v) is 5.44. The van der Waals surface area contributed by atoms with Crippen LogP contribution in [0.15, 0.2) is 40.9 Å². The van der Waals surface area contributed by atoms with Crippen LogP contribution >= 0.6 is 0 Å². The van der Waals surface area contributed by atoms with Crippen LogP contribution in [-0.2, 0) is 6.54 Å². The minimum absolute atomic E-state index is 0.171. The number of rotatable bonds is 5. The van der Waals surface area contributed by atoms with Gasteiger partial charge >= 0.3 is 0 Å². The first-order valence-electron chi connectivity index (χ1n) is 7.59. The van der Waals surface area contributed by atoms with Crippen molar-refractivity contribution in [3.05, 3.63) is 64.9 Å². The lowest BCUT2D eigenvalue weighted by molar-refractivity contribution is 0.102. The van der Waals surface area contributed by atoms with Crippen LogP contribution in [0.1, 0.15) is 27.5 Å². The normalized spacial score (nSPS) is 10.5. The van der Waals surface area contributed by atoms with Crippen LogP contribution in [0.2, 0.25) is 0 Å². The molecule has 0 bridgehead atoms. The lowest BCUT2D eigenvalue weighted by Crippen LogP contribution is -2.16. The molecule has 0 saturated heterocycles. The summed E-state index contributed by atoms with van der Waals surface area (Å²) in [5, 5.41) is 9.23. The number of carbonyl (C=O) groups is 1. The van der Waals surface area contributed by atoms with Crippen molar-refractivity contribution in [3.63, 3.8) is 0 Å². The molecule has 7 nitrogen and oxygen atoms in total. The van der Waals surface area contributed by atoms with Gasteiger partial charge in [-0.1, -0.05) is 23.4 Å². The molecule has 3 rings (SSSR count). The third-order valence-electron chi connectivity index (χ3n) is 3.35. The molecule has 2 aromatic heterocycles. The van der Waals surface area contributed by atoms with E-state index in [1.807, 2.05) is 0 Å². The van der Waals surface area contributed by atoms with Gasteiger partial charge in [-0.2, -0.15) is 0 Å². The third-order valence-corrected chi connectivity index (χ3v) is 3.35. The molecule has 25 heavy (non-hydrogen) atoms. The summed E-state index contributed by atoms with van der Waals surface area (Å²) >= 11 is 0. The molecule has 0 fully saturated rings. The number of nitrogens with zero attached hydrogens (tertiary/aromatic N) is 3. The number of carbonyl (C=O) groups excluding carboxylic acids is 1. The molecule has 2 N–H and O–H groups in total. The Labute approximate surface area is 143 Å². The molecular formula is C17H16FN5O2. The largest absolute Gasteiger partial charge is 0.360 e. The van der Waals surface area contributed by atoms with Gasteiger partial charge in [0.05, 0.1) is 0 Å². The summed E-state index contributed by atoms with van der Waals surface area (Å²) in [6.07, 6.45) is 0. The highest BCUT2D eigenvalue weighted by Crippen LogP contribution is 2.12. The number of anilines is 2. The predicted molar refractivity (Wildman–Crippen MR) is 89.7 cm³/mol. The number of benzene rings is 1. The summed E-state index contributed by atoms with van der Waals surface area (Å²) in [6.45, 7) is 3.68. The van der Waals surface area contributed by atoms with Gasteiger partial charge in [0.2, 0.25) is 5.95 Å². The quantitative estimate of drug-likeness (QED) is 0.741. The van der Waals surface area contributed by atoms with Crippen molar-refractivity contribution in [2.24, 2.45) is 0 Å². The molecule has 0 atom stereocenters. The number of aromatic nitrogens is 3. The van der Waals surface area contributed by atoms with E-state index in [1.54, 1.807) is 44.2 Å². The second kappa shape index (κ2) is 7.08. The molecular weight excluding hydrogens is 325 g/mol. The maximum atomic E-state index is 13.7. The van der Waals surface area contributed by atoms with E-state index < -0.39 is 5.91 Å². The molecule has 0 spiro atoms. The first kappa shape index (κ1) is 16.6. The zero-order valence-corrected chi connectivity index (χ0v) is 13.7. The van der Waals surface area contributed by atoms with Gasteiger partial charge in [-0.3, -0.25) is 4.79 Å². The molecule has 0 radical (unpaired) electrons. The third kappa shape index (κ3) is 4.17. The molecule has 1 amide bonds. The van der Waals surface area contributed by atoms with Gasteiger partial charge in [-0.15, -0.1) is 0 Å². The molecule has 1 aromatic carbocycles. The molecule has 3 aromatic rings. The highest BCUT2D eigenvalue weighted by atomic mass is 19.1. The van der Waals surface area contributed by atoms with Crippen LogP contribution in [0, 0.1) is 19.7 Å². The topological polar surface area (TPSA) is 92.9 Å². The molecule has 128 valence electrons. The van der Waals surface area contributed by atoms with E-state index in [0.717, 1.165) is 0 Å². The van der Waals surface area contributed by atoms with Crippen molar-refractivity contribution in [3.8, 4) is 0 Å². The summed E-state index contributed by atoms with van der Waals surface area (Å²) in [4.78, 5) is 20.7. The highest BCUT2D eigenvalue weighted by molar-refractivity contribution is 6.02. The Bertz CT molecular complexity index is 910. The van der Waals surface area contributed by atoms with Crippen LogP contribution in [0.5, 0.6) is 0 Å². The minimum Gasteiger partial charge on any atom is -0.360 e. The van der Waals surface area contributed by atoms with E-state index in [2.05, 4.69) is 25.8 Å². The smallest absolute Gasteiger partial charge is 0.275 e. The molecule has 2 heterocycles. The number of halogens is 1. The van der Waals surface area contributed by atoms with Gasteiger partial charge < -0.3 is 15.2 Å². The van der Waals surface area contributed by atoms with E-state index >= 15 is 0 Å². The zero-order chi connectivity index (χ0) is 17.8. The average Bonchev–Trinajstić information content (AvgIpc) is 2.98. The SMILES string of the molecule is Cc1cc(C(=O)Nc2cc(C)on2)nc(NCc2ccccc2F)n1. The van der Waals surface area contributed by atoms with Crippen molar-refractivity contribution in [2.75, 3.05) is 10.6 Å². The lowest BCUT2D eigenvalue weighted by Gasteiger charge is -2.08. The van der Waals surface area contributed by atoms with Crippen molar-refractivity contribution in [1.29, 1.82) is 0 Å². The Morgan fingerprint density at radius 3 is 2.72 bits per heavy atom. The number of amides is 1. The number of hydrogen-bond donors (Lipinski definition) is 2. The average molecular weight is 341 g/mol. The second-order valence-electron chi connectivity index (χ2n) is 5.44. The Hall–Kier alpha value is -3.29. The maximum Gasteiger partial charge on any atom is 0.275 e. The van der Waals surface area contributed by atoms with Crippen LogP contribution in [-0.4, -0.2) is 21.0 Å². The van der Waals surface area contributed by atoms with E-state index in [1.165, 1.54) is 6.07 Å². The summed E-state index contributed by atoms with van der Waals surface area (Å²) in [7, 11) is 0. The van der Waals surface area contributed by atoms with Gasteiger partial charge in [0, 0.05) is 23.9 Å². The van der Waals surface area contributed by atoms with Crippen LogP contribution < -0.4 is 10.6 Å². The fraction of sp³-hybridized carbons (Fsp3) is 0.176. The fourth-order valence-corrected chi connectivity index (χ4v) is 2.19. The predicted octanol–water partition coefficient (Wildman–Crippen LogP) is 3.08. The van der Waals surface area contributed by atoms with Crippen LogP contribution in [0.3, 0.4) is 0 Å². The standard InChI is InChI=1S/C17H16FN5O2/c1-10-7-14(16(24)22-15-8-11(2)25-23-15)21-17(20-10)19-9-12-5-3-4-6-13(12)18/h3-8H,9H2,1-2H3,(H,19,20,21)(H,22,23,24). The van der Waals surface area contributed by atoms with Crippen molar-refractivity contribution in [1.82, 2.24) is 15.1 Å². The van der Waals surface area contributed by atoms with Crippen molar-refractivity contribution >= 4 is 17.7 Å². The van der Waals surface area contributed by atoms with Gasteiger partial charge in [0.1, 0.15) is 17.3 Å². The van der Waals surface area contributed by atoms with Gasteiger partial charge in [-0.25, -0.2) is 14.4 Å².